The van der Waals surface area contributed by atoms with Gasteiger partial charge in [-0.2, -0.15) is 0 Å². The van der Waals surface area contributed by atoms with E-state index in [0.29, 0.717) is 6.04 Å². The molecule has 0 bridgehead atoms. The van der Waals surface area contributed by atoms with Crippen LogP contribution in [0.3, 0.4) is 0 Å². The first-order valence-corrected chi connectivity index (χ1v) is 7.17. The monoisotopic (exact) mass is 229 g/mol. The quantitative estimate of drug-likeness (QED) is 0.773. The summed E-state index contributed by atoms with van der Waals surface area (Å²) in [7, 11) is 0. The van der Waals surface area contributed by atoms with E-state index in [4.69, 9.17) is 0 Å². The summed E-state index contributed by atoms with van der Waals surface area (Å²) in [5, 5.41) is 3.77. The van der Waals surface area contributed by atoms with Gasteiger partial charge in [-0.15, -0.1) is 0 Å². The Morgan fingerprint density at radius 1 is 1.12 bits per heavy atom. The van der Waals surface area contributed by atoms with Crippen molar-refractivity contribution in [2.75, 3.05) is 6.54 Å². The summed E-state index contributed by atoms with van der Waals surface area (Å²) in [6, 6.07) is 7.67. The van der Waals surface area contributed by atoms with Crippen molar-refractivity contribution >= 4 is 0 Å². The molecule has 1 heteroatoms. The second-order valence-electron chi connectivity index (χ2n) is 5.78. The molecule has 2 aliphatic rings. The molecule has 1 fully saturated rings. The fourth-order valence-corrected chi connectivity index (χ4v) is 3.59. The van der Waals surface area contributed by atoms with Gasteiger partial charge in [-0.25, -0.2) is 0 Å². The topological polar surface area (TPSA) is 12.0 Å². The van der Waals surface area contributed by atoms with Crippen molar-refractivity contribution in [3.05, 3.63) is 34.9 Å². The van der Waals surface area contributed by atoms with E-state index in [1.807, 2.05) is 0 Å². The van der Waals surface area contributed by atoms with Gasteiger partial charge in [0.1, 0.15) is 0 Å². The van der Waals surface area contributed by atoms with Crippen LogP contribution < -0.4 is 5.32 Å². The second-order valence-corrected chi connectivity index (χ2v) is 5.78. The molecule has 1 unspecified atom stereocenters. The number of benzene rings is 1. The van der Waals surface area contributed by atoms with Crippen molar-refractivity contribution in [3.63, 3.8) is 0 Å². The number of hydrogen-bond donors (Lipinski definition) is 1. The highest BCUT2D eigenvalue weighted by atomic mass is 14.9. The van der Waals surface area contributed by atoms with Crippen LogP contribution in [0.15, 0.2) is 18.2 Å². The zero-order chi connectivity index (χ0) is 11.7. The van der Waals surface area contributed by atoms with Crippen LogP contribution in [0.1, 0.15) is 54.8 Å². The molecule has 0 amide bonds. The van der Waals surface area contributed by atoms with E-state index < -0.39 is 0 Å². The molecule has 92 valence electrons. The highest BCUT2D eigenvalue weighted by Gasteiger charge is 2.28. The summed E-state index contributed by atoms with van der Waals surface area (Å²) < 4.78 is 0. The maximum absolute atomic E-state index is 3.77. The molecule has 1 aromatic carbocycles. The number of nitrogens with one attached hydrogen (secondary N) is 1. The molecule has 0 aromatic heterocycles. The highest BCUT2D eigenvalue weighted by Crippen LogP contribution is 2.37. The van der Waals surface area contributed by atoms with Gasteiger partial charge in [0.25, 0.3) is 0 Å². The lowest BCUT2D eigenvalue weighted by Crippen LogP contribution is -2.35. The minimum absolute atomic E-state index is 0.638. The summed E-state index contributed by atoms with van der Waals surface area (Å²) in [5.41, 5.74) is 4.60. The normalized spacial score (nSPS) is 25.6. The van der Waals surface area contributed by atoms with Crippen LogP contribution in [-0.2, 0) is 6.42 Å². The average Bonchev–Trinajstić information content (AvgIpc) is 2.39. The highest BCUT2D eigenvalue weighted by molar-refractivity contribution is 5.36. The van der Waals surface area contributed by atoms with Gasteiger partial charge in [0.05, 0.1) is 0 Å². The third-order valence-corrected chi connectivity index (χ3v) is 4.52. The fraction of sp³-hybridized carbons (Fsp3) is 0.625. The van der Waals surface area contributed by atoms with Gasteiger partial charge in [-0.05, 0) is 49.8 Å². The molecule has 0 saturated heterocycles. The first kappa shape index (κ1) is 11.3. The van der Waals surface area contributed by atoms with E-state index in [9.17, 15) is 0 Å². The molecule has 1 heterocycles. The van der Waals surface area contributed by atoms with Gasteiger partial charge in [-0.3, -0.25) is 0 Å². The molecule has 1 aromatic rings. The maximum Gasteiger partial charge on any atom is 0.0351 e. The third-order valence-electron chi connectivity index (χ3n) is 4.52. The van der Waals surface area contributed by atoms with Crippen molar-refractivity contribution in [1.82, 2.24) is 5.32 Å². The van der Waals surface area contributed by atoms with Crippen molar-refractivity contribution < 1.29 is 0 Å². The van der Waals surface area contributed by atoms with Crippen LogP contribution in [0.2, 0.25) is 0 Å². The largest absolute Gasteiger partial charge is 0.309 e. The fourth-order valence-electron chi connectivity index (χ4n) is 3.59. The van der Waals surface area contributed by atoms with Crippen LogP contribution >= 0.6 is 0 Å². The summed E-state index contributed by atoms with van der Waals surface area (Å²) in [6.07, 6.45) is 8.37. The Balaban J connectivity index is 1.89. The molecule has 17 heavy (non-hydrogen) atoms. The van der Waals surface area contributed by atoms with Gasteiger partial charge in [0.2, 0.25) is 0 Å². The number of hydrogen-bond acceptors (Lipinski definition) is 1. The molecule has 1 nitrogen and oxygen atoms in total. The lowest BCUT2D eigenvalue weighted by atomic mass is 9.78. The average molecular weight is 229 g/mol. The Morgan fingerprint density at radius 3 is 2.76 bits per heavy atom. The van der Waals surface area contributed by atoms with E-state index in [0.717, 1.165) is 12.5 Å². The van der Waals surface area contributed by atoms with E-state index >= 15 is 0 Å². The van der Waals surface area contributed by atoms with Gasteiger partial charge in [-0.1, -0.05) is 43.0 Å². The van der Waals surface area contributed by atoms with Gasteiger partial charge in [0, 0.05) is 6.04 Å². The third kappa shape index (κ3) is 2.26. The van der Waals surface area contributed by atoms with Crippen LogP contribution in [0, 0.1) is 12.8 Å². The van der Waals surface area contributed by atoms with Crippen molar-refractivity contribution in [2.24, 2.45) is 5.92 Å². The molecule has 1 N–H and O–H groups in total. The lowest BCUT2D eigenvalue weighted by Gasteiger charge is -2.35. The van der Waals surface area contributed by atoms with Crippen LogP contribution in [-0.4, -0.2) is 6.54 Å². The minimum atomic E-state index is 0.638. The van der Waals surface area contributed by atoms with Crippen molar-refractivity contribution in [3.8, 4) is 0 Å². The molecular weight excluding hydrogens is 206 g/mol. The summed E-state index contributed by atoms with van der Waals surface area (Å²) >= 11 is 0. The van der Waals surface area contributed by atoms with Gasteiger partial charge >= 0.3 is 0 Å². The molecule has 1 aliphatic carbocycles. The minimum Gasteiger partial charge on any atom is -0.309 e. The molecule has 0 radical (unpaired) electrons. The Labute approximate surface area is 105 Å². The van der Waals surface area contributed by atoms with E-state index in [2.05, 4.69) is 30.4 Å². The molecule has 1 atom stereocenters. The second kappa shape index (κ2) is 4.81. The Kier molecular flexibility index (Phi) is 3.19. The standard InChI is InChI=1S/C16H23N/c1-12-7-8-13-9-10-17-16(15(13)11-12)14-5-3-2-4-6-14/h7-8,11,14,16-17H,2-6,9-10H2,1H3. The van der Waals surface area contributed by atoms with Gasteiger partial charge < -0.3 is 5.32 Å². The number of rotatable bonds is 1. The molecule has 1 aliphatic heterocycles. The number of fused-ring (bicyclic) bond motifs is 1. The molecular formula is C16H23N. The van der Waals surface area contributed by atoms with Gasteiger partial charge in [0.15, 0.2) is 0 Å². The van der Waals surface area contributed by atoms with E-state index in [1.165, 1.54) is 44.1 Å². The lowest BCUT2D eigenvalue weighted by molar-refractivity contribution is 0.264. The molecule has 3 rings (SSSR count). The first-order chi connectivity index (χ1) is 8.34. The van der Waals surface area contributed by atoms with E-state index in [1.54, 1.807) is 11.1 Å². The zero-order valence-electron chi connectivity index (χ0n) is 10.8. The summed E-state index contributed by atoms with van der Waals surface area (Å²) in [5.74, 6) is 0.879. The Bertz CT molecular complexity index is 391. The predicted octanol–water partition coefficient (Wildman–Crippen LogP) is 3.76. The van der Waals surface area contributed by atoms with Crippen LogP contribution in [0.25, 0.3) is 0 Å². The Hall–Kier alpha value is -0.820. The zero-order valence-corrected chi connectivity index (χ0v) is 10.8. The number of aryl methyl sites for hydroxylation is 1. The summed E-state index contributed by atoms with van der Waals surface area (Å²) in [4.78, 5) is 0. The Morgan fingerprint density at radius 2 is 1.94 bits per heavy atom. The summed E-state index contributed by atoms with van der Waals surface area (Å²) in [6.45, 7) is 3.38. The SMILES string of the molecule is Cc1ccc2c(c1)C(C1CCCCC1)NCC2. The maximum atomic E-state index is 3.77. The molecule has 1 saturated carbocycles. The first-order valence-electron chi connectivity index (χ1n) is 7.17. The van der Waals surface area contributed by atoms with Crippen molar-refractivity contribution in [1.29, 1.82) is 0 Å². The van der Waals surface area contributed by atoms with E-state index in [-0.39, 0.29) is 0 Å². The van der Waals surface area contributed by atoms with Crippen LogP contribution in [0.4, 0.5) is 0 Å². The van der Waals surface area contributed by atoms with Crippen molar-refractivity contribution in [2.45, 2.75) is 51.5 Å². The predicted molar refractivity (Wildman–Crippen MR) is 72.2 cm³/mol. The smallest absolute Gasteiger partial charge is 0.0351 e. The van der Waals surface area contributed by atoms with Crippen LogP contribution in [0.5, 0.6) is 0 Å². The molecule has 0 spiro atoms.